The molecule has 3 heteroatoms. The van der Waals surface area contributed by atoms with Crippen LogP contribution < -0.4 is 0 Å². The van der Waals surface area contributed by atoms with Gasteiger partial charge in [-0.3, -0.25) is 0 Å². The lowest BCUT2D eigenvalue weighted by Gasteiger charge is -2.25. The number of thiophene rings is 1. The lowest BCUT2D eigenvalue weighted by molar-refractivity contribution is 0.369. The Hall–Kier alpha value is 0.660. The molecule has 0 amide bonds. The van der Waals surface area contributed by atoms with Crippen molar-refractivity contribution < 1.29 is 0 Å². The minimum Gasteiger partial charge on any atom is -0.148 e. The molecule has 0 radical (unpaired) electrons. The normalized spacial score (nSPS) is 27.9. The summed E-state index contributed by atoms with van der Waals surface area (Å²) in [7, 11) is 0. The first-order valence-corrected chi connectivity index (χ1v) is 7.70. The second-order valence-electron chi connectivity index (χ2n) is 4.07. The fourth-order valence-electron chi connectivity index (χ4n) is 2.16. The summed E-state index contributed by atoms with van der Waals surface area (Å²) < 4.78 is 1.24. The first-order chi connectivity index (χ1) is 6.74. The van der Waals surface area contributed by atoms with Crippen LogP contribution >= 0.6 is 43.2 Å². The maximum absolute atomic E-state index is 3.74. The monoisotopic (exact) mass is 336 g/mol. The number of halogens is 2. The van der Waals surface area contributed by atoms with Crippen molar-refractivity contribution in [1.29, 1.82) is 0 Å². The molecular formula is C11H14Br2S. The van der Waals surface area contributed by atoms with Crippen molar-refractivity contribution in [2.24, 2.45) is 5.92 Å². The molecule has 1 aromatic heterocycles. The van der Waals surface area contributed by atoms with Gasteiger partial charge in [-0.2, -0.15) is 0 Å². The molecule has 0 saturated heterocycles. The highest BCUT2D eigenvalue weighted by atomic mass is 79.9. The molecule has 0 nitrogen and oxygen atoms in total. The van der Waals surface area contributed by atoms with Gasteiger partial charge in [-0.25, -0.2) is 0 Å². The molecule has 1 aliphatic carbocycles. The topological polar surface area (TPSA) is 0 Å². The molecule has 1 heterocycles. The Balaban J connectivity index is 1.90. The zero-order valence-corrected chi connectivity index (χ0v) is 12.0. The third kappa shape index (κ3) is 3.07. The Morgan fingerprint density at radius 1 is 1.43 bits per heavy atom. The predicted molar refractivity (Wildman–Crippen MR) is 70.4 cm³/mol. The molecule has 0 spiro atoms. The fraction of sp³-hybridized carbons (Fsp3) is 0.636. The van der Waals surface area contributed by atoms with E-state index in [2.05, 4.69) is 43.3 Å². The zero-order valence-electron chi connectivity index (χ0n) is 8.01. The Kier molecular flexibility index (Phi) is 4.09. The van der Waals surface area contributed by atoms with Crippen molar-refractivity contribution in [3.05, 3.63) is 20.8 Å². The zero-order chi connectivity index (χ0) is 9.97. The van der Waals surface area contributed by atoms with E-state index in [1.807, 2.05) is 11.3 Å². The third-order valence-corrected chi connectivity index (χ3v) is 5.38. The second-order valence-corrected chi connectivity index (χ2v) is 7.27. The van der Waals surface area contributed by atoms with Gasteiger partial charge in [0.05, 0.1) is 0 Å². The molecule has 0 aromatic carbocycles. The van der Waals surface area contributed by atoms with Crippen molar-refractivity contribution in [2.45, 2.75) is 36.9 Å². The van der Waals surface area contributed by atoms with Crippen LogP contribution in [0.2, 0.25) is 0 Å². The van der Waals surface area contributed by atoms with Crippen LogP contribution in [0.1, 0.15) is 30.6 Å². The summed E-state index contributed by atoms with van der Waals surface area (Å²) in [5.41, 5.74) is 0. The van der Waals surface area contributed by atoms with Crippen LogP contribution in [-0.2, 0) is 6.42 Å². The van der Waals surface area contributed by atoms with Crippen molar-refractivity contribution in [3.8, 4) is 0 Å². The van der Waals surface area contributed by atoms with Gasteiger partial charge in [0.15, 0.2) is 0 Å². The molecule has 2 unspecified atom stereocenters. The van der Waals surface area contributed by atoms with E-state index in [0.717, 1.165) is 10.7 Å². The average molecular weight is 338 g/mol. The summed E-state index contributed by atoms with van der Waals surface area (Å²) in [5, 5.41) is 2.18. The van der Waals surface area contributed by atoms with Crippen LogP contribution in [0.5, 0.6) is 0 Å². The van der Waals surface area contributed by atoms with Gasteiger partial charge in [-0.1, -0.05) is 28.8 Å². The van der Waals surface area contributed by atoms with Gasteiger partial charge in [-0.15, -0.1) is 11.3 Å². The van der Waals surface area contributed by atoms with Gasteiger partial charge >= 0.3 is 0 Å². The highest BCUT2D eigenvalue weighted by molar-refractivity contribution is 9.10. The maximum atomic E-state index is 3.74. The number of rotatable bonds is 2. The van der Waals surface area contributed by atoms with Crippen LogP contribution in [0.15, 0.2) is 15.9 Å². The maximum Gasteiger partial charge on any atom is 0.0285 e. The summed E-state index contributed by atoms with van der Waals surface area (Å²) in [6.45, 7) is 0. The average Bonchev–Trinajstić information content (AvgIpc) is 2.51. The summed E-state index contributed by atoms with van der Waals surface area (Å²) in [4.78, 5) is 2.30. The van der Waals surface area contributed by atoms with E-state index in [4.69, 9.17) is 0 Å². The molecule has 1 aromatic rings. The van der Waals surface area contributed by atoms with Crippen molar-refractivity contribution in [1.82, 2.24) is 0 Å². The number of hydrogen-bond donors (Lipinski definition) is 0. The van der Waals surface area contributed by atoms with E-state index < -0.39 is 0 Å². The summed E-state index contributed by atoms with van der Waals surface area (Å²) >= 11 is 9.13. The van der Waals surface area contributed by atoms with Crippen molar-refractivity contribution in [2.75, 3.05) is 0 Å². The molecule has 2 atom stereocenters. The Morgan fingerprint density at radius 2 is 2.29 bits per heavy atom. The van der Waals surface area contributed by atoms with E-state index in [9.17, 15) is 0 Å². The highest BCUT2D eigenvalue weighted by Gasteiger charge is 2.20. The minimum atomic E-state index is 0.768. The van der Waals surface area contributed by atoms with Gasteiger partial charge in [0.1, 0.15) is 0 Å². The number of alkyl halides is 1. The third-order valence-electron chi connectivity index (χ3n) is 2.83. The summed E-state index contributed by atoms with van der Waals surface area (Å²) in [6, 6.07) is 2.27. The second kappa shape index (κ2) is 5.13. The van der Waals surface area contributed by atoms with E-state index in [-0.39, 0.29) is 0 Å². The molecule has 0 N–H and O–H groups in total. The molecule has 1 aliphatic rings. The van der Waals surface area contributed by atoms with Crippen LogP contribution in [-0.4, -0.2) is 4.83 Å². The molecule has 14 heavy (non-hydrogen) atoms. The molecule has 1 saturated carbocycles. The summed E-state index contributed by atoms with van der Waals surface area (Å²) in [5.74, 6) is 0.902. The molecular weight excluding hydrogens is 324 g/mol. The van der Waals surface area contributed by atoms with Gasteiger partial charge < -0.3 is 0 Å². The molecule has 78 valence electrons. The van der Waals surface area contributed by atoms with E-state index in [1.54, 1.807) is 0 Å². The van der Waals surface area contributed by atoms with Crippen molar-refractivity contribution in [3.63, 3.8) is 0 Å². The van der Waals surface area contributed by atoms with E-state index in [0.29, 0.717) is 0 Å². The lowest BCUT2D eigenvalue weighted by atomic mass is 9.86. The molecule has 0 aliphatic heterocycles. The Labute approximate surface area is 106 Å². The standard InChI is InChI=1S/C11H14Br2S/c12-9-3-1-2-8(4-9)5-11-6-10(13)7-14-11/h6-9H,1-5H2. The van der Waals surface area contributed by atoms with Gasteiger partial charge in [0.25, 0.3) is 0 Å². The van der Waals surface area contributed by atoms with Gasteiger partial charge in [0.2, 0.25) is 0 Å². The largest absolute Gasteiger partial charge is 0.148 e. The minimum absolute atomic E-state index is 0.768. The SMILES string of the molecule is Brc1csc(CC2CCCC(Br)C2)c1. The molecule has 1 fully saturated rings. The van der Waals surface area contributed by atoms with E-state index >= 15 is 0 Å². The van der Waals surface area contributed by atoms with E-state index in [1.165, 1.54) is 41.5 Å². The first-order valence-electron chi connectivity index (χ1n) is 5.11. The van der Waals surface area contributed by atoms with Crippen LogP contribution in [0, 0.1) is 5.92 Å². The van der Waals surface area contributed by atoms with Gasteiger partial charge in [-0.05, 0) is 47.2 Å². The van der Waals surface area contributed by atoms with Gasteiger partial charge in [0, 0.05) is 19.6 Å². The lowest BCUT2D eigenvalue weighted by Crippen LogP contribution is -2.16. The van der Waals surface area contributed by atoms with Crippen LogP contribution in [0.3, 0.4) is 0 Å². The molecule has 0 bridgehead atoms. The first kappa shape index (κ1) is 11.2. The highest BCUT2D eigenvalue weighted by Crippen LogP contribution is 2.33. The van der Waals surface area contributed by atoms with Crippen molar-refractivity contribution >= 4 is 43.2 Å². The summed E-state index contributed by atoms with van der Waals surface area (Å²) in [6.07, 6.45) is 6.81. The van der Waals surface area contributed by atoms with Crippen LogP contribution in [0.25, 0.3) is 0 Å². The fourth-order valence-corrected chi connectivity index (χ4v) is 4.58. The smallest absolute Gasteiger partial charge is 0.0285 e. The van der Waals surface area contributed by atoms with Crippen LogP contribution in [0.4, 0.5) is 0 Å². The Morgan fingerprint density at radius 3 is 2.93 bits per heavy atom. The molecule has 2 rings (SSSR count). The Bertz CT molecular complexity index is 295. The number of hydrogen-bond acceptors (Lipinski definition) is 1. The quantitative estimate of drug-likeness (QED) is 0.665. The predicted octanol–water partition coefficient (Wildman–Crippen LogP) is 5.01.